The molecule has 0 unspecified atom stereocenters. The molecule has 19 heavy (non-hydrogen) atoms. The summed E-state index contributed by atoms with van der Waals surface area (Å²) in [6, 6.07) is 3.95. The van der Waals surface area contributed by atoms with Crippen LogP contribution >= 0.6 is 11.3 Å². The zero-order valence-corrected chi connectivity index (χ0v) is 12.8. The van der Waals surface area contributed by atoms with Crippen molar-refractivity contribution in [2.24, 2.45) is 0 Å². The van der Waals surface area contributed by atoms with Gasteiger partial charge in [0.25, 0.3) is 0 Å². The van der Waals surface area contributed by atoms with Crippen molar-refractivity contribution >= 4 is 26.7 Å². The van der Waals surface area contributed by atoms with Crippen LogP contribution in [0.1, 0.15) is 27.7 Å². The summed E-state index contributed by atoms with van der Waals surface area (Å²) in [5.74, 6) is 1.53. The predicted molar refractivity (Wildman–Crippen MR) is 80.7 cm³/mol. The lowest BCUT2D eigenvalue weighted by Crippen LogP contribution is -2.10. The highest BCUT2D eigenvalue weighted by Crippen LogP contribution is 2.37. The van der Waals surface area contributed by atoms with Gasteiger partial charge in [-0.15, -0.1) is 0 Å². The van der Waals surface area contributed by atoms with Gasteiger partial charge < -0.3 is 14.8 Å². The number of rotatable bonds is 5. The van der Waals surface area contributed by atoms with Gasteiger partial charge in [-0.2, -0.15) is 0 Å². The van der Waals surface area contributed by atoms with Gasteiger partial charge in [-0.05, 0) is 27.7 Å². The first-order chi connectivity index (χ1) is 8.99. The van der Waals surface area contributed by atoms with Crippen LogP contribution in [0.4, 0.5) is 5.13 Å². The van der Waals surface area contributed by atoms with Gasteiger partial charge in [0.15, 0.2) is 16.6 Å². The van der Waals surface area contributed by atoms with Crippen molar-refractivity contribution in [2.45, 2.75) is 39.9 Å². The number of hydrogen-bond donors (Lipinski definition) is 1. The maximum absolute atomic E-state index is 5.83. The summed E-state index contributed by atoms with van der Waals surface area (Å²) < 4.78 is 12.7. The van der Waals surface area contributed by atoms with E-state index >= 15 is 0 Å². The third-order valence-corrected chi connectivity index (χ3v) is 3.43. The molecule has 0 aliphatic heterocycles. The summed E-state index contributed by atoms with van der Waals surface area (Å²) in [6.07, 6.45) is 0.220. The van der Waals surface area contributed by atoms with Crippen LogP contribution in [0, 0.1) is 0 Å². The Labute approximate surface area is 117 Å². The second-order valence-electron chi connectivity index (χ2n) is 4.87. The molecular weight excluding hydrogens is 260 g/mol. The molecule has 0 amide bonds. The molecule has 0 bridgehead atoms. The molecule has 0 aliphatic rings. The number of thiazole rings is 1. The fourth-order valence-corrected chi connectivity index (χ4v) is 2.56. The summed E-state index contributed by atoms with van der Waals surface area (Å²) >= 11 is 1.61. The average Bonchev–Trinajstić information content (AvgIpc) is 2.70. The van der Waals surface area contributed by atoms with Crippen molar-refractivity contribution in [1.82, 2.24) is 4.98 Å². The molecule has 4 nitrogen and oxygen atoms in total. The van der Waals surface area contributed by atoms with Crippen LogP contribution in [0.3, 0.4) is 0 Å². The maximum atomic E-state index is 5.83. The molecule has 0 fully saturated rings. The van der Waals surface area contributed by atoms with E-state index in [-0.39, 0.29) is 12.2 Å². The van der Waals surface area contributed by atoms with Crippen LogP contribution < -0.4 is 14.8 Å². The van der Waals surface area contributed by atoms with E-state index in [0.717, 1.165) is 26.8 Å². The molecule has 0 aliphatic carbocycles. The Morgan fingerprint density at radius 2 is 1.63 bits per heavy atom. The number of fused-ring (bicyclic) bond motifs is 1. The highest BCUT2D eigenvalue weighted by atomic mass is 32.1. The van der Waals surface area contributed by atoms with Gasteiger partial charge in [0, 0.05) is 19.2 Å². The van der Waals surface area contributed by atoms with Crippen LogP contribution in [-0.4, -0.2) is 24.2 Å². The molecule has 0 radical (unpaired) electrons. The molecular formula is C14H20N2O2S. The molecule has 0 spiro atoms. The molecule has 0 saturated heterocycles. The van der Waals surface area contributed by atoms with Crippen LogP contribution in [0.25, 0.3) is 10.2 Å². The van der Waals surface area contributed by atoms with Gasteiger partial charge in [-0.25, -0.2) is 4.98 Å². The number of benzene rings is 1. The Morgan fingerprint density at radius 1 is 1.05 bits per heavy atom. The van der Waals surface area contributed by atoms with Crippen molar-refractivity contribution in [3.63, 3.8) is 0 Å². The number of ether oxygens (including phenoxy) is 2. The van der Waals surface area contributed by atoms with Gasteiger partial charge >= 0.3 is 0 Å². The van der Waals surface area contributed by atoms with Gasteiger partial charge in [0.1, 0.15) is 0 Å². The lowest BCUT2D eigenvalue weighted by Gasteiger charge is -2.16. The second-order valence-corrected chi connectivity index (χ2v) is 5.90. The molecule has 0 saturated carbocycles. The molecule has 0 atom stereocenters. The van der Waals surface area contributed by atoms with E-state index in [0.29, 0.717) is 0 Å². The van der Waals surface area contributed by atoms with Crippen molar-refractivity contribution < 1.29 is 9.47 Å². The van der Waals surface area contributed by atoms with Crippen LogP contribution in [0.2, 0.25) is 0 Å². The van der Waals surface area contributed by atoms with E-state index in [9.17, 15) is 0 Å². The number of aromatic nitrogens is 1. The smallest absolute Gasteiger partial charge is 0.183 e. The number of nitrogens with one attached hydrogen (secondary N) is 1. The summed E-state index contributed by atoms with van der Waals surface area (Å²) in [7, 11) is 1.87. The zero-order valence-electron chi connectivity index (χ0n) is 12.0. The van der Waals surface area contributed by atoms with Crippen molar-refractivity contribution in [1.29, 1.82) is 0 Å². The average molecular weight is 280 g/mol. The van der Waals surface area contributed by atoms with Gasteiger partial charge in [-0.3, -0.25) is 0 Å². The van der Waals surface area contributed by atoms with Crippen molar-refractivity contribution in [3.05, 3.63) is 12.1 Å². The Hall–Kier alpha value is -1.49. The van der Waals surface area contributed by atoms with Crippen LogP contribution in [0.15, 0.2) is 12.1 Å². The standard InChI is InChI=1S/C14H20N2O2S/c1-8(2)17-11-6-10-13(19-14(15-5)16-10)7-12(11)18-9(3)4/h6-9H,1-5H3,(H,15,16). The van der Waals surface area contributed by atoms with E-state index in [1.807, 2.05) is 46.9 Å². The van der Waals surface area contributed by atoms with Gasteiger partial charge in [0.05, 0.1) is 22.4 Å². The zero-order chi connectivity index (χ0) is 14.0. The summed E-state index contributed by atoms with van der Waals surface area (Å²) in [6.45, 7) is 8.02. The SMILES string of the molecule is CNc1nc2cc(OC(C)C)c(OC(C)C)cc2s1. The molecule has 104 valence electrons. The first-order valence-corrected chi connectivity index (χ1v) is 7.27. The third-order valence-electron chi connectivity index (χ3n) is 2.39. The topological polar surface area (TPSA) is 43.4 Å². The number of anilines is 1. The number of nitrogens with zero attached hydrogens (tertiary/aromatic N) is 1. The Morgan fingerprint density at radius 3 is 2.16 bits per heavy atom. The predicted octanol–water partition coefficient (Wildman–Crippen LogP) is 3.91. The van der Waals surface area contributed by atoms with Crippen molar-refractivity contribution in [2.75, 3.05) is 12.4 Å². The van der Waals surface area contributed by atoms with Crippen LogP contribution in [0.5, 0.6) is 11.5 Å². The molecule has 1 N–H and O–H groups in total. The molecule has 5 heteroatoms. The lowest BCUT2D eigenvalue weighted by molar-refractivity contribution is 0.199. The molecule has 1 aromatic heterocycles. The fraction of sp³-hybridized carbons (Fsp3) is 0.500. The Kier molecular flexibility index (Phi) is 4.14. The highest BCUT2D eigenvalue weighted by Gasteiger charge is 2.13. The van der Waals surface area contributed by atoms with E-state index in [4.69, 9.17) is 9.47 Å². The first kappa shape index (κ1) is 13.9. The third kappa shape index (κ3) is 3.29. The van der Waals surface area contributed by atoms with Gasteiger partial charge in [-0.1, -0.05) is 11.3 Å². The molecule has 1 heterocycles. The largest absolute Gasteiger partial charge is 0.487 e. The van der Waals surface area contributed by atoms with Crippen LogP contribution in [-0.2, 0) is 0 Å². The van der Waals surface area contributed by atoms with E-state index in [1.165, 1.54) is 0 Å². The Bertz CT molecular complexity index is 517. The molecule has 1 aromatic carbocycles. The minimum Gasteiger partial charge on any atom is -0.487 e. The minimum atomic E-state index is 0.106. The van der Waals surface area contributed by atoms with E-state index < -0.39 is 0 Å². The fourth-order valence-electron chi connectivity index (χ4n) is 1.74. The molecule has 2 rings (SSSR count). The first-order valence-electron chi connectivity index (χ1n) is 6.45. The van der Waals surface area contributed by atoms with E-state index in [1.54, 1.807) is 11.3 Å². The van der Waals surface area contributed by atoms with Crippen molar-refractivity contribution in [3.8, 4) is 11.5 Å². The molecule has 2 aromatic rings. The summed E-state index contributed by atoms with van der Waals surface area (Å²) in [5, 5.41) is 3.96. The monoisotopic (exact) mass is 280 g/mol. The lowest BCUT2D eigenvalue weighted by atomic mass is 10.3. The second kappa shape index (κ2) is 5.65. The number of hydrogen-bond acceptors (Lipinski definition) is 5. The van der Waals surface area contributed by atoms with Gasteiger partial charge in [0.2, 0.25) is 0 Å². The summed E-state index contributed by atoms with van der Waals surface area (Å²) in [5.41, 5.74) is 0.932. The minimum absolute atomic E-state index is 0.106. The quantitative estimate of drug-likeness (QED) is 0.901. The van der Waals surface area contributed by atoms with E-state index in [2.05, 4.69) is 10.3 Å². The highest BCUT2D eigenvalue weighted by molar-refractivity contribution is 7.22. The maximum Gasteiger partial charge on any atom is 0.183 e. The summed E-state index contributed by atoms with van der Waals surface area (Å²) in [4.78, 5) is 4.49. The normalized spacial score (nSPS) is 11.3. The Balaban J connectivity index is 2.47.